The van der Waals surface area contributed by atoms with E-state index in [-0.39, 0.29) is 11.5 Å². The van der Waals surface area contributed by atoms with Gasteiger partial charge in [0.25, 0.3) is 0 Å². The summed E-state index contributed by atoms with van der Waals surface area (Å²) in [6.45, 7) is 0. The molecule has 1 aromatic heterocycles. The number of aromatic nitrogens is 1. The number of nitrogens with zero attached hydrogens (tertiary/aromatic N) is 2. The van der Waals surface area contributed by atoms with Crippen LogP contribution in [0.1, 0.15) is 5.69 Å². The van der Waals surface area contributed by atoms with Gasteiger partial charge in [-0.3, -0.25) is 4.79 Å². The second-order valence-electron chi connectivity index (χ2n) is 3.21. The Morgan fingerprint density at radius 3 is 2.72 bits per heavy atom. The maximum atomic E-state index is 12.6. The van der Waals surface area contributed by atoms with Gasteiger partial charge in [0.1, 0.15) is 11.5 Å². The molecule has 18 heavy (non-hydrogen) atoms. The molecule has 0 amide bonds. The Hall–Kier alpha value is -2.28. The highest BCUT2D eigenvalue weighted by atomic mass is 32.1. The minimum absolute atomic E-state index is 0.0206. The lowest BCUT2D eigenvalue weighted by Crippen LogP contribution is -2.05. The van der Waals surface area contributed by atoms with Gasteiger partial charge in [-0.05, 0) is 24.3 Å². The first kappa shape index (κ1) is 12.2. The fourth-order valence-electron chi connectivity index (χ4n) is 1.13. The summed E-state index contributed by atoms with van der Waals surface area (Å²) in [7, 11) is 0. The molecule has 2 aromatic rings. The number of carbonyl (C=O) groups excluding carboxylic acids is 1. The maximum absolute atomic E-state index is 12.6. The van der Waals surface area contributed by atoms with Crippen LogP contribution in [-0.4, -0.2) is 17.0 Å². The Morgan fingerprint density at radius 2 is 2.17 bits per heavy atom. The average Bonchev–Trinajstić information content (AvgIpc) is 2.79. The Bertz CT molecular complexity index is 580. The topological polar surface area (TPSA) is 77.6 Å². The molecule has 0 saturated carbocycles. The van der Waals surface area contributed by atoms with Crippen molar-refractivity contribution in [3.05, 3.63) is 41.2 Å². The summed E-state index contributed by atoms with van der Waals surface area (Å²) in [5.74, 6) is -0.0619. The minimum Gasteiger partial charge on any atom is -0.375 e. The predicted molar refractivity (Wildman–Crippen MR) is 66.2 cm³/mol. The third kappa shape index (κ3) is 2.89. The number of hydrogen-bond donors (Lipinski definition) is 1. The molecule has 0 unspecified atom stereocenters. The Morgan fingerprint density at radius 1 is 1.44 bits per heavy atom. The highest BCUT2D eigenvalue weighted by Crippen LogP contribution is 2.14. The van der Waals surface area contributed by atoms with Gasteiger partial charge in [-0.25, -0.2) is 9.37 Å². The largest absolute Gasteiger partial charge is 0.375 e. The Balaban J connectivity index is 2.15. The standard InChI is InChI=1S/C11H8FN3O2S/c12-7-1-3-8(4-2-7)17-15-9(5-16)10-6-18-11(13)14-10/h1-6H,(H2,13,14). The first-order valence-electron chi connectivity index (χ1n) is 4.86. The number of hydrogen-bond acceptors (Lipinski definition) is 6. The van der Waals surface area contributed by atoms with Crippen LogP contribution in [0.15, 0.2) is 34.8 Å². The van der Waals surface area contributed by atoms with E-state index in [1.165, 1.54) is 35.6 Å². The molecule has 2 rings (SSSR count). The summed E-state index contributed by atoms with van der Waals surface area (Å²) in [6, 6.07) is 5.26. The molecule has 2 N–H and O–H groups in total. The third-order valence-corrected chi connectivity index (χ3v) is 2.63. The lowest BCUT2D eigenvalue weighted by Gasteiger charge is -1.98. The molecule has 92 valence electrons. The monoisotopic (exact) mass is 265 g/mol. The average molecular weight is 265 g/mol. The number of rotatable bonds is 4. The van der Waals surface area contributed by atoms with Gasteiger partial charge in [-0.1, -0.05) is 5.16 Å². The van der Waals surface area contributed by atoms with Crippen molar-refractivity contribution < 1.29 is 14.0 Å². The number of carbonyl (C=O) groups is 1. The van der Waals surface area contributed by atoms with Crippen molar-refractivity contribution in [2.45, 2.75) is 0 Å². The molecule has 0 radical (unpaired) electrons. The van der Waals surface area contributed by atoms with Crippen molar-refractivity contribution in [1.29, 1.82) is 0 Å². The summed E-state index contributed by atoms with van der Waals surface area (Å²) >= 11 is 1.19. The normalized spacial score (nSPS) is 11.3. The van der Waals surface area contributed by atoms with Crippen molar-refractivity contribution in [3.63, 3.8) is 0 Å². The number of nitrogen functional groups attached to an aromatic ring is 1. The molecule has 1 heterocycles. The number of thiazole rings is 1. The van der Waals surface area contributed by atoms with Crippen LogP contribution in [0.2, 0.25) is 0 Å². The van der Waals surface area contributed by atoms with Crippen LogP contribution in [-0.2, 0) is 4.79 Å². The lowest BCUT2D eigenvalue weighted by molar-refractivity contribution is -0.102. The molecule has 0 aliphatic rings. The van der Waals surface area contributed by atoms with E-state index in [4.69, 9.17) is 10.6 Å². The summed E-state index contributed by atoms with van der Waals surface area (Å²) < 4.78 is 12.6. The van der Waals surface area contributed by atoms with Crippen LogP contribution in [0.3, 0.4) is 0 Å². The Kier molecular flexibility index (Phi) is 3.63. The molecule has 1 aromatic carbocycles. The second-order valence-corrected chi connectivity index (χ2v) is 4.10. The first-order chi connectivity index (χ1) is 8.69. The van der Waals surface area contributed by atoms with Crippen molar-refractivity contribution in [2.24, 2.45) is 5.16 Å². The van der Waals surface area contributed by atoms with Crippen LogP contribution >= 0.6 is 11.3 Å². The van der Waals surface area contributed by atoms with E-state index in [1.807, 2.05) is 0 Å². The highest BCUT2D eigenvalue weighted by molar-refractivity contribution is 7.13. The summed E-state index contributed by atoms with van der Waals surface area (Å²) in [5.41, 5.74) is 5.81. The zero-order chi connectivity index (χ0) is 13.0. The van der Waals surface area contributed by atoms with Crippen molar-refractivity contribution in [2.75, 3.05) is 5.73 Å². The van der Waals surface area contributed by atoms with Crippen LogP contribution < -0.4 is 10.6 Å². The number of anilines is 1. The second kappa shape index (κ2) is 5.37. The molecule has 0 fully saturated rings. The van der Waals surface area contributed by atoms with E-state index < -0.39 is 0 Å². The van der Waals surface area contributed by atoms with Gasteiger partial charge in [-0.2, -0.15) is 0 Å². The molecule has 0 aliphatic heterocycles. The van der Waals surface area contributed by atoms with Crippen molar-refractivity contribution >= 4 is 28.5 Å². The molecule has 7 heteroatoms. The molecule has 0 bridgehead atoms. The number of oxime groups is 1. The van der Waals surface area contributed by atoms with E-state index in [1.54, 1.807) is 5.38 Å². The zero-order valence-corrected chi connectivity index (χ0v) is 9.86. The van der Waals surface area contributed by atoms with E-state index in [9.17, 15) is 9.18 Å². The number of halogens is 1. The summed E-state index contributed by atoms with van der Waals surface area (Å²) in [6.07, 6.45) is 0.512. The van der Waals surface area contributed by atoms with Crippen molar-refractivity contribution in [3.8, 4) is 5.75 Å². The molecule has 0 aliphatic carbocycles. The van der Waals surface area contributed by atoms with Gasteiger partial charge in [0.15, 0.2) is 22.9 Å². The lowest BCUT2D eigenvalue weighted by atomic mass is 10.3. The molecule has 5 nitrogen and oxygen atoms in total. The highest BCUT2D eigenvalue weighted by Gasteiger charge is 2.07. The molecular weight excluding hydrogens is 257 g/mol. The minimum atomic E-state index is -0.380. The van der Waals surface area contributed by atoms with Gasteiger partial charge in [-0.15, -0.1) is 11.3 Å². The SMILES string of the molecule is Nc1nc(C(C=O)=NOc2ccc(F)cc2)cs1. The molecule has 0 saturated heterocycles. The molecule has 0 atom stereocenters. The van der Waals surface area contributed by atoms with E-state index in [0.717, 1.165) is 0 Å². The van der Waals surface area contributed by atoms with Crippen molar-refractivity contribution in [1.82, 2.24) is 4.98 Å². The van der Waals surface area contributed by atoms with Gasteiger partial charge >= 0.3 is 0 Å². The summed E-state index contributed by atoms with van der Waals surface area (Å²) in [4.78, 5) is 19.7. The van der Waals surface area contributed by atoms with Crippen LogP contribution in [0.25, 0.3) is 0 Å². The smallest absolute Gasteiger partial charge is 0.180 e. The van der Waals surface area contributed by atoms with Crippen LogP contribution in [0.5, 0.6) is 5.75 Å². The van der Waals surface area contributed by atoms with E-state index in [0.29, 0.717) is 22.9 Å². The number of nitrogens with two attached hydrogens (primary N) is 1. The van der Waals surface area contributed by atoms with Gasteiger partial charge < -0.3 is 10.6 Å². The molecular formula is C11H8FN3O2S. The van der Waals surface area contributed by atoms with Crippen LogP contribution in [0.4, 0.5) is 9.52 Å². The number of aldehydes is 1. The summed E-state index contributed by atoms with van der Waals surface area (Å²) in [5, 5.41) is 5.57. The van der Waals surface area contributed by atoms with Crippen LogP contribution in [0, 0.1) is 5.82 Å². The zero-order valence-electron chi connectivity index (χ0n) is 9.04. The maximum Gasteiger partial charge on any atom is 0.180 e. The predicted octanol–water partition coefficient (Wildman–Crippen LogP) is 1.85. The Labute approximate surface area is 106 Å². The third-order valence-electron chi connectivity index (χ3n) is 1.96. The fraction of sp³-hybridized carbons (Fsp3) is 0. The number of benzene rings is 1. The van der Waals surface area contributed by atoms with Gasteiger partial charge in [0, 0.05) is 5.38 Å². The first-order valence-corrected chi connectivity index (χ1v) is 5.74. The van der Waals surface area contributed by atoms with E-state index in [2.05, 4.69) is 10.1 Å². The molecule has 0 spiro atoms. The fourth-order valence-corrected chi connectivity index (χ4v) is 1.69. The van der Waals surface area contributed by atoms with Gasteiger partial charge in [0.05, 0.1) is 0 Å². The quantitative estimate of drug-likeness (QED) is 0.520. The van der Waals surface area contributed by atoms with Gasteiger partial charge in [0.2, 0.25) is 0 Å². The van der Waals surface area contributed by atoms with E-state index >= 15 is 0 Å².